The first kappa shape index (κ1) is 21.9. The molecule has 110 valence electrons. The van der Waals surface area contributed by atoms with Crippen molar-refractivity contribution in [2.24, 2.45) is 0 Å². The molecule has 3 nitrogen and oxygen atoms in total. The summed E-state index contributed by atoms with van der Waals surface area (Å²) in [4.78, 5) is 0. The third kappa shape index (κ3) is 21.1. The van der Waals surface area contributed by atoms with Gasteiger partial charge in [-0.1, -0.05) is 70.4 Å². The fourth-order valence-corrected chi connectivity index (χ4v) is 2.26. The molecule has 0 aromatic rings. The Morgan fingerprint density at radius 1 is 0.895 bits per heavy atom. The Kier molecular flexibility index (Phi) is 17.4. The number of hydrogen-bond donors (Lipinski definition) is 1. The van der Waals surface area contributed by atoms with E-state index >= 15 is 0 Å². The fourth-order valence-electron chi connectivity index (χ4n) is 1.88. The van der Waals surface area contributed by atoms with E-state index < -0.39 is 10.1 Å². The van der Waals surface area contributed by atoms with Crippen molar-refractivity contribution in [3.05, 3.63) is 12.2 Å². The molecule has 0 aromatic carbocycles. The van der Waals surface area contributed by atoms with E-state index in [0.717, 1.165) is 12.8 Å². The Hall–Kier alpha value is 0.650. The molecular formula is C14H29NaO3S. The number of hydrogen-bond acceptors (Lipinski definition) is 2. The van der Waals surface area contributed by atoms with Gasteiger partial charge in [-0.25, -0.2) is 0 Å². The van der Waals surface area contributed by atoms with Crippen molar-refractivity contribution in [3.8, 4) is 0 Å². The topological polar surface area (TPSA) is 54.4 Å². The first-order valence-electron chi connectivity index (χ1n) is 7.16. The van der Waals surface area contributed by atoms with Gasteiger partial charge in [0.1, 0.15) is 0 Å². The van der Waals surface area contributed by atoms with Gasteiger partial charge in [0.05, 0.1) is 5.75 Å². The molecule has 0 aliphatic heterocycles. The largest absolute Gasteiger partial charge is 1.00 e. The van der Waals surface area contributed by atoms with E-state index in [4.69, 9.17) is 4.55 Å². The van der Waals surface area contributed by atoms with Crippen LogP contribution in [0.15, 0.2) is 12.2 Å². The quantitative estimate of drug-likeness (QED) is 0.257. The monoisotopic (exact) mass is 300 g/mol. The SMILES string of the molecule is CCCCCCCCCCCC=CCS(=O)(=O)O.[H-].[Na+]. The zero-order valence-corrected chi connectivity index (χ0v) is 15.4. The van der Waals surface area contributed by atoms with E-state index in [1.54, 1.807) is 0 Å². The van der Waals surface area contributed by atoms with Gasteiger partial charge < -0.3 is 1.43 Å². The summed E-state index contributed by atoms with van der Waals surface area (Å²) >= 11 is 0. The minimum absolute atomic E-state index is 0. The number of unbranched alkanes of at least 4 members (excludes halogenated alkanes) is 9. The summed E-state index contributed by atoms with van der Waals surface area (Å²) in [6.07, 6.45) is 15.9. The van der Waals surface area contributed by atoms with E-state index in [-0.39, 0.29) is 36.7 Å². The molecule has 0 rings (SSSR count). The Labute approximate surface area is 142 Å². The maximum atomic E-state index is 10.4. The second kappa shape index (κ2) is 15.0. The van der Waals surface area contributed by atoms with Gasteiger partial charge >= 0.3 is 29.6 Å². The second-order valence-electron chi connectivity index (χ2n) is 4.84. The maximum absolute atomic E-state index is 10.4. The Bertz CT molecular complexity index is 306. The summed E-state index contributed by atoms with van der Waals surface area (Å²) in [6, 6.07) is 0. The van der Waals surface area contributed by atoms with Gasteiger partial charge in [-0.15, -0.1) is 0 Å². The summed E-state index contributed by atoms with van der Waals surface area (Å²) < 4.78 is 29.3. The van der Waals surface area contributed by atoms with Crippen LogP contribution in [0.4, 0.5) is 0 Å². The summed E-state index contributed by atoms with van der Waals surface area (Å²) in [5.41, 5.74) is 0. The van der Waals surface area contributed by atoms with E-state index in [1.165, 1.54) is 57.4 Å². The molecule has 0 unspecified atom stereocenters. The van der Waals surface area contributed by atoms with Gasteiger partial charge in [0.15, 0.2) is 0 Å². The summed E-state index contributed by atoms with van der Waals surface area (Å²) in [5.74, 6) is -0.259. The molecule has 19 heavy (non-hydrogen) atoms. The van der Waals surface area contributed by atoms with Crippen molar-refractivity contribution < 1.29 is 44.0 Å². The molecule has 0 amide bonds. The molecule has 0 heterocycles. The summed E-state index contributed by atoms with van der Waals surface area (Å²) in [6.45, 7) is 2.23. The van der Waals surface area contributed by atoms with Crippen LogP contribution in [0.3, 0.4) is 0 Å². The molecule has 0 aliphatic rings. The molecule has 0 fully saturated rings. The first-order chi connectivity index (χ1) is 8.56. The predicted octanol–water partition coefficient (Wildman–Crippen LogP) is 1.47. The van der Waals surface area contributed by atoms with E-state index in [9.17, 15) is 8.42 Å². The minimum atomic E-state index is -3.82. The molecule has 0 aliphatic carbocycles. The van der Waals surface area contributed by atoms with Gasteiger partial charge in [0, 0.05) is 0 Å². The van der Waals surface area contributed by atoms with Crippen molar-refractivity contribution in [1.29, 1.82) is 0 Å². The van der Waals surface area contributed by atoms with Crippen LogP contribution in [0.5, 0.6) is 0 Å². The molecule has 0 bridgehead atoms. The Balaban J connectivity index is -0.00000144. The van der Waals surface area contributed by atoms with Gasteiger partial charge in [-0.05, 0) is 12.8 Å². The molecule has 0 radical (unpaired) electrons. The van der Waals surface area contributed by atoms with E-state index in [0.29, 0.717) is 0 Å². The van der Waals surface area contributed by atoms with Crippen molar-refractivity contribution in [2.75, 3.05) is 5.75 Å². The van der Waals surface area contributed by atoms with E-state index in [1.807, 2.05) is 6.08 Å². The molecule has 0 spiro atoms. The molecule has 5 heteroatoms. The first-order valence-corrected chi connectivity index (χ1v) is 8.77. The molecule has 0 saturated carbocycles. The molecule has 0 aromatic heterocycles. The van der Waals surface area contributed by atoms with Gasteiger partial charge in [-0.3, -0.25) is 4.55 Å². The van der Waals surface area contributed by atoms with Crippen LogP contribution in [0.25, 0.3) is 0 Å². The van der Waals surface area contributed by atoms with Gasteiger partial charge in [-0.2, -0.15) is 8.42 Å². The predicted molar refractivity (Wildman–Crippen MR) is 78.5 cm³/mol. The average molecular weight is 300 g/mol. The van der Waals surface area contributed by atoms with Crippen LogP contribution in [0.1, 0.15) is 72.6 Å². The Morgan fingerprint density at radius 3 is 1.84 bits per heavy atom. The number of rotatable bonds is 12. The zero-order chi connectivity index (χ0) is 13.7. The minimum Gasteiger partial charge on any atom is -1.00 e. The number of allylic oxidation sites excluding steroid dienone is 1. The van der Waals surface area contributed by atoms with Crippen LogP contribution in [-0.2, 0) is 10.1 Å². The van der Waals surface area contributed by atoms with Crippen LogP contribution in [0, 0.1) is 0 Å². The Morgan fingerprint density at radius 2 is 1.37 bits per heavy atom. The normalized spacial score (nSPS) is 11.7. The van der Waals surface area contributed by atoms with Crippen molar-refractivity contribution >= 4 is 10.1 Å². The van der Waals surface area contributed by atoms with Crippen LogP contribution in [-0.4, -0.2) is 18.7 Å². The van der Waals surface area contributed by atoms with Crippen molar-refractivity contribution in [2.45, 2.75) is 71.1 Å². The molecular weight excluding hydrogens is 271 g/mol. The van der Waals surface area contributed by atoms with Crippen LogP contribution < -0.4 is 29.6 Å². The average Bonchev–Trinajstić information content (AvgIpc) is 2.29. The van der Waals surface area contributed by atoms with Gasteiger partial charge in [0.2, 0.25) is 0 Å². The molecule has 0 atom stereocenters. The maximum Gasteiger partial charge on any atom is 1.00 e. The fraction of sp³-hybridized carbons (Fsp3) is 0.857. The van der Waals surface area contributed by atoms with E-state index in [2.05, 4.69) is 6.92 Å². The third-order valence-electron chi connectivity index (χ3n) is 2.95. The standard InChI is InChI=1S/C14H28O3S.Na.H/c1-2-3-4-5-6-7-8-9-10-11-12-13-14-18(15,16)17;;/h12-13H,2-11,14H2,1H3,(H,15,16,17);;/q;+1;-1. The van der Waals surface area contributed by atoms with Crippen LogP contribution >= 0.6 is 0 Å². The zero-order valence-electron chi connectivity index (χ0n) is 13.6. The third-order valence-corrected chi connectivity index (χ3v) is 3.56. The van der Waals surface area contributed by atoms with Crippen molar-refractivity contribution in [1.82, 2.24) is 0 Å². The summed E-state index contributed by atoms with van der Waals surface area (Å²) in [7, 11) is -3.82. The molecule has 1 N–H and O–H groups in total. The molecule has 0 saturated heterocycles. The van der Waals surface area contributed by atoms with Gasteiger partial charge in [0.25, 0.3) is 10.1 Å². The van der Waals surface area contributed by atoms with Crippen molar-refractivity contribution in [3.63, 3.8) is 0 Å². The second-order valence-corrected chi connectivity index (χ2v) is 6.33. The van der Waals surface area contributed by atoms with Crippen LogP contribution in [0.2, 0.25) is 0 Å². The summed E-state index contributed by atoms with van der Waals surface area (Å²) in [5, 5.41) is 0. The smallest absolute Gasteiger partial charge is 1.00 e.